The van der Waals surface area contributed by atoms with Crippen LogP contribution < -0.4 is 16.1 Å². The quantitative estimate of drug-likeness (QED) is 0.752. The number of aromatic carboxylic acids is 1. The molecular weight excluding hydrogens is 370 g/mol. The SMILES string of the molecule is CC(=O)c1c(N2CC(CN)C(C)(C)C2)ccc2c(=O)c(C(=O)O)cn(C3CC3)c12. The summed E-state index contributed by atoms with van der Waals surface area (Å²) >= 11 is 0. The third-order valence-corrected chi connectivity index (χ3v) is 6.46. The molecule has 154 valence electrons. The third-order valence-electron chi connectivity index (χ3n) is 6.46. The van der Waals surface area contributed by atoms with Crippen molar-refractivity contribution >= 4 is 28.3 Å². The van der Waals surface area contributed by atoms with E-state index in [4.69, 9.17) is 5.73 Å². The van der Waals surface area contributed by atoms with Crippen LogP contribution in [0, 0.1) is 11.3 Å². The Balaban J connectivity index is 1.99. The van der Waals surface area contributed by atoms with Gasteiger partial charge in [-0.25, -0.2) is 4.79 Å². The summed E-state index contributed by atoms with van der Waals surface area (Å²) in [6.07, 6.45) is 3.23. The van der Waals surface area contributed by atoms with Gasteiger partial charge in [-0.2, -0.15) is 0 Å². The molecule has 1 aliphatic heterocycles. The number of nitrogens with zero attached hydrogens (tertiary/aromatic N) is 2. The second-order valence-electron chi connectivity index (χ2n) is 9.03. The maximum Gasteiger partial charge on any atom is 0.341 e. The number of hydrogen-bond acceptors (Lipinski definition) is 5. The highest BCUT2D eigenvalue weighted by Crippen LogP contribution is 2.42. The molecule has 1 aliphatic carbocycles. The zero-order valence-electron chi connectivity index (χ0n) is 17.1. The van der Waals surface area contributed by atoms with E-state index >= 15 is 0 Å². The first-order chi connectivity index (χ1) is 13.7. The summed E-state index contributed by atoms with van der Waals surface area (Å²) < 4.78 is 1.84. The normalized spacial score (nSPS) is 21.0. The van der Waals surface area contributed by atoms with Crippen LogP contribution in [-0.2, 0) is 0 Å². The van der Waals surface area contributed by atoms with E-state index in [1.165, 1.54) is 13.1 Å². The second kappa shape index (κ2) is 6.69. The molecule has 4 rings (SSSR count). The lowest BCUT2D eigenvalue weighted by atomic mass is 9.82. The number of rotatable bonds is 5. The summed E-state index contributed by atoms with van der Waals surface area (Å²) in [5.74, 6) is -1.07. The topological polar surface area (TPSA) is 106 Å². The number of carboxylic acid groups (broad SMARTS) is 1. The van der Waals surface area contributed by atoms with Crippen LogP contribution in [0.2, 0.25) is 0 Å². The molecule has 1 unspecified atom stereocenters. The first-order valence-corrected chi connectivity index (χ1v) is 10.1. The molecule has 1 aromatic heterocycles. The first kappa shape index (κ1) is 19.6. The molecule has 1 saturated heterocycles. The van der Waals surface area contributed by atoms with Crippen LogP contribution in [-0.4, -0.2) is 41.1 Å². The number of anilines is 1. The van der Waals surface area contributed by atoms with Crippen molar-refractivity contribution in [2.45, 2.75) is 39.7 Å². The Morgan fingerprint density at radius 1 is 1.28 bits per heavy atom. The molecular formula is C22H27N3O4. The van der Waals surface area contributed by atoms with Gasteiger partial charge in [-0.05, 0) is 49.8 Å². The van der Waals surface area contributed by atoms with Crippen LogP contribution in [0.3, 0.4) is 0 Å². The summed E-state index contributed by atoms with van der Waals surface area (Å²) in [6.45, 7) is 7.95. The summed E-state index contributed by atoms with van der Waals surface area (Å²) in [7, 11) is 0. The number of carboxylic acids is 1. The average molecular weight is 397 g/mol. The van der Waals surface area contributed by atoms with E-state index in [-0.39, 0.29) is 22.8 Å². The smallest absolute Gasteiger partial charge is 0.341 e. The number of nitrogens with two attached hydrogens (primary N) is 1. The zero-order valence-corrected chi connectivity index (χ0v) is 17.1. The van der Waals surface area contributed by atoms with Crippen molar-refractivity contribution in [1.82, 2.24) is 4.57 Å². The predicted molar refractivity (Wildman–Crippen MR) is 112 cm³/mol. The Morgan fingerprint density at radius 2 is 1.97 bits per heavy atom. The lowest BCUT2D eigenvalue weighted by Gasteiger charge is -2.26. The Hall–Kier alpha value is -2.67. The number of Topliss-reactive ketones (excluding diaryl/α,β-unsaturated/α-hetero) is 1. The van der Waals surface area contributed by atoms with E-state index in [1.54, 1.807) is 12.1 Å². The van der Waals surface area contributed by atoms with Gasteiger partial charge in [0.1, 0.15) is 5.56 Å². The van der Waals surface area contributed by atoms with Gasteiger partial charge in [-0.15, -0.1) is 0 Å². The van der Waals surface area contributed by atoms with Crippen LogP contribution in [0.5, 0.6) is 0 Å². The molecule has 1 atom stereocenters. The fraction of sp³-hybridized carbons (Fsp3) is 0.500. The fourth-order valence-electron chi connectivity index (χ4n) is 4.62. The molecule has 2 aliphatic rings. The molecule has 0 spiro atoms. The summed E-state index contributed by atoms with van der Waals surface area (Å²) in [6, 6.07) is 3.59. The second-order valence-corrected chi connectivity index (χ2v) is 9.03. The fourth-order valence-corrected chi connectivity index (χ4v) is 4.62. The summed E-state index contributed by atoms with van der Waals surface area (Å²) in [5.41, 5.74) is 7.05. The molecule has 3 N–H and O–H groups in total. The van der Waals surface area contributed by atoms with Gasteiger partial charge < -0.3 is 20.3 Å². The van der Waals surface area contributed by atoms with Crippen LogP contribution in [0.4, 0.5) is 5.69 Å². The zero-order chi connectivity index (χ0) is 21.1. The number of aromatic nitrogens is 1. The minimum absolute atomic E-state index is 0.0150. The number of fused-ring (bicyclic) bond motifs is 1. The predicted octanol–water partition coefficient (Wildman–Crippen LogP) is 2.66. The van der Waals surface area contributed by atoms with Crippen LogP contribution in [0.25, 0.3) is 10.9 Å². The molecule has 2 fully saturated rings. The van der Waals surface area contributed by atoms with Crippen LogP contribution >= 0.6 is 0 Å². The molecule has 0 amide bonds. The highest BCUT2D eigenvalue weighted by atomic mass is 16.4. The number of ketones is 1. The highest BCUT2D eigenvalue weighted by molar-refractivity contribution is 6.11. The first-order valence-electron chi connectivity index (χ1n) is 10.1. The Bertz CT molecular complexity index is 1080. The van der Waals surface area contributed by atoms with Crippen molar-refractivity contribution in [3.8, 4) is 0 Å². The van der Waals surface area contributed by atoms with Crippen molar-refractivity contribution in [1.29, 1.82) is 0 Å². The molecule has 7 nitrogen and oxygen atoms in total. The Morgan fingerprint density at radius 3 is 2.48 bits per heavy atom. The number of carbonyl (C=O) groups excluding carboxylic acids is 1. The van der Waals surface area contributed by atoms with Crippen molar-refractivity contribution < 1.29 is 14.7 Å². The van der Waals surface area contributed by atoms with Crippen molar-refractivity contribution in [2.75, 3.05) is 24.5 Å². The number of pyridine rings is 1. The van der Waals surface area contributed by atoms with E-state index in [0.29, 0.717) is 28.9 Å². The average Bonchev–Trinajstić information content (AvgIpc) is 3.44. The molecule has 7 heteroatoms. The largest absolute Gasteiger partial charge is 0.477 e. The van der Waals surface area contributed by atoms with Crippen molar-refractivity contribution in [3.05, 3.63) is 39.7 Å². The summed E-state index contributed by atoms with van der Waals surface area (Å²) in [5, 5.41) is 9.76. The molecule has 29 heavy (non-hydrogen) atoms. The van der Waals surface area contributed by atoms with Gasteiger partial charge in [0, 0.05) is 36.4 Å². The maximum atomic E-state index is 12.8. The van der Waals surface area contributed by atoms with Crippen LogP contribution in [0.15, 0.2) is 23.1 Å². The highest BCUT2D eigenvalue weighted by Gasteiger charge is 2.40. The van der Waals surface area contributed by atoms with Gasteiger partial charge in [0.25, 0.3) is 0 Å². The Kier molecular flexibility index (Phi) is 4.53. The minimum atomic E-state index is -1.24. The molecule has 0 bridgehead atoms. The Labute approximate surface area is 169 Å². The van der Waals surface area contributed by atoms with Gasteiger partial charge in [-0.3, -0.25) is 9.59 Å². The lowest BCUT2D eigenvalue weighted by molar-refractivity contribution is 0.0694. The minimum Gasteiger partial charge on any atom is -0.477 e. The van der Waals surface area contributed by atoms with Gasteiger partial charge in [0.15, 0.2) is 5.78 Å². The number of hydrogen-bond donors (Lipinski definition) is 2. The van der Waals surface area contributed by atoms with Gasteiger partial charge in [0.2, 0.25) is 5.43 Å². The van der Waals surface area contributed by atoms with E-state index in [0.717, 1.165) is 31.6 Å². The molecule has 2 heterocycles. The molecule has 1 aromatic carbocycles. The lowest BCUT2D eigenvalue weighted by Crippen LogP contribution is -2.28. The molecule has 1 saturated carbocycles. The van der Waals surface area contributed by atoms with E-state index < -0.39 is 11.4 Å². The van der Waals surface area contributed by atoms with E-state index in [9.17, 15) is 19.5 Å². The third kappa shape index (κ3) is 3.13. The van der Waals surface area contributed by atoms with Crippen molar-refractivity contribution in [2.24, 2.45) is 17.1 Å². The monoisotopic (exact) mass is 397 g/mol. The van der Waals surface area contributed by atoms with Gasteiger partial charge in [0.05, 0.1) is 11.1 Å². The maximum absolute atomic E-state index is 12.8. The van der Waals surface area contributed by atoms with Gasteiger partial charge in [-0.1, -0.05) is 13.8 Å². The summed E-state index contributed by atoms with van der Waals surface area (Å²) in [4.78, 5) is 39.4. The standard InChI is InChI=1S/C22H27N3O4/c1-12(26)18-17(24-9-13(8-23)22(2,3)11-24)7-6-15-19(18)25(14-4-5-14)10-16(20(15)27)21(28)29/h6-7,10,13-14H,4-5,8-9,11,23H2,1-3H3,(H,28,29). The van der Waals surface area contributed by atoms with E-state index in [1.807, 2.05) is 4.57 Å². The molecule has 2 aromatic rings. The van der Waals surface area contributed by atoms with Crippen LogP contribution in [0.1, 0.15) is 60.4 Å². The van der Waals surface area contributed by atoms with Gasteiger partial charge >= 0.3 is 5.97 Å². The van der Waals surface area contributed by atoms with Crippen molar-refractivity contribution in [3.63, 3.8) is 0 Å². The molecule has 0 radical (unpaired) electrons. The van der Waals surface area contributed by atoms with E-state index in [2.05, 4.69) is 18.7 Å². The number of benzene rings is 1. The number of carbonyl (C=O) groups is 2.